The minimum atomic E-state index is -0.708. The molecule has 3 heterocycles. The Morgan fingerprint density at radius 2 is 1.92 bits per heavy atom. The Kier molecular flexibility index (Phi) is 4.69. The maximum Gasteiger partial charge on any atom is 0.410 e. The molecule has 2 fully saturated rings. The minimum Gasteiger partial charge on any atom is -0.467 e. The van der Waals surface area contributed by atoms with Crippen molar-refractivity contribution in [2.45, 2.75) is 38.8 Å². The van der Waals surface area contributed by atoms with E-state index in [2.05, 4.69) is 0 Å². The number of furan rings is 1. The Bertz CT molecular complexity index is 670. The van der Waals surface area contributed by atoms with Crippen molar-refractivity contribution in [3.8, 4) is 0 Å². The number of likely N-dealkylation sites (tertiary alicyclic amines) is 1. The maximum absolute atomic E-state index is 12.5. The maximum atomic E-state index is 12.5. The van der Waals surface area contributed by atoms with Crippen molar-refractivity contribution in [2.24, 2.45) is 0 Å². The predicted molar refractivity (Wildman–Crippen MR) is 86.1 cm³/mol. The third-order valence-corrected chi connectivity index (χ3v) is 4.91. The van der Waals surface area contributed by atoms with E-state index in [0.29, 0.717) is 31.7 Å². The second kappa shape index (κ2) is 6.78. The highest BCUT2D eigenvalue weighted by atomic mass is 16.6. The van der Waals surface area contributed by atoms with Crippen molar-refractivity contribution in [1.29, 1.82) is 0 Å². The first-order valence-corrected chi connectivity index (χ1v) is 8.31. The van der Waals surface area contributed by atoms with Gasteiger partial charge in [-0.25, -0.2) is 9.59 Å². The van der Waals surface area contributed by atoms with Gasteiger partial charge in [0.15, 0.2) is 11.8 Å². The lowest BCUT2D eigenvalue weighted by molar-refractivity contribution is -0.145. The fourth-order valence-corrected chi connectivity index (χ4v) is 3.34. The highest BCUT2D eigenvalue weighted by molar-refractivity contribution is 5.92. The van der Waals surface area contributed by atoms with Gasteiger partial charge in [-0.2, -0.15) is 0 Å². The zero-order valence-corrected chi connectivity index (χ0v) is 14.6. The minimum absolute atomic E-state index is 0.00952. The van der Waals surface area contributed by atoms with Crippen LogP contribution in [-0.2, 0) is 14.3 Å². The quantitative estimate of drug-likeness (QED) is 0.768. The number of ether oxygens (including phenoxy) is 2. The molecule has 8 heteroatoms. The molecule has 8 nitrogen and oxygen atoms in total. The molecule has 1 aromatic rings. The summed E-state index contributed by atoms with van der Waals surface area (Å²) in [6.45, 7) is 4.70. The molecule has 0 bridgehead atoms. The first-order valence-electron chi connectivity index (χ1n) is 8.31. The summed E-state index contributed by atoms with van der Waals surface area (Å²) < 4.78 is 15.2. The highest BCUT2D eigenvalue weighted by Gasteiger charge is 2.44. The average molecular weight is 350 g/mol. The van der Waals surface area contributed by atoms with E-state index in [-0.39, 0.29) is 18.6 Å². The van der Waals surface area contributed by atoms with Crippen LogP contribution < -0.4 is 0 Å². The highest BCUT2D eigenvalue weighted by Crippen LogP contribution is 2.26. The molecule has 3 rings (SSSR count). The van der Waals surface area contributed by atoms with Gasteiger partial charge < -0.3 is 18.8 Å². The summed E-state index contributed by atoms with van der Waals surface area (Å²) >= 11 is 0. The van der Waals surface area contributed by atoms with E-state index in [9.17, 15) is 14.4 Å². The molecule has 1 aromatic heterocycles. The van der Waals surface area contributed by atoms with Gasteiger partial charge in [0.25, 0.3) is 5.91 Å². The van der Waals surface area contributed by atoms with E-state index in [1.165, 1.54) is 12.0 Å². The molecule has 0 saturated carbocycles. The van der Waals surface area contributed by atoms with E-state index in [1.54, 1.807) is 11.0 Å². The molecule has 0 unspecified atom stereocenters. The van der Waals surface area contributed by atoms with Crippen molar-refractivity contribution in [1.82, 2.24) is 9.80 Å². The van der Waals surface area contributed by atoms with Crippen LogP contribution in [0.4, 0.5) is 4.79 Å². The number of cyclic esters (lactones) is 1. The number of amides is 2. The molecular formula is C17H22N2O6. The number of hydrogen-bond donors (Lipinski definition) is 0. The van der Waals surface area contributed by atoms with Gasteiger partial charge in [-0.3, -0.25) is 9.69 Å². The Morgan fingerprint density at radius 1 is 1.24 bits per heavy atom. The molecule has 2 saturated heterocycles. The van der Waals surface area contributed by atoms with Crippen molar-refractivity contribution in [3.63, 3.8) is 0 Å². The van der Waals surface area contributed by atoms with Crippen LogP contribution in [0.1, 0.15) is 34.7 Å². The first-order chi connectivity index (χ1) is 11.9. The molecule has 25 heavy (non-hydrogen) atoms. The van der Waals surface area contributed by atoms with Crippen molar-refractivity contribution >= 4 is 18.0 Å². The molecule has 2 aliphatic rings. The first kappa shape index (κ1) is 17.3. The van der Waals surface area contributed by atoms with Crippen molar-refractivity contribution in [3.05, 3.63) is 23.2 Å². The molecule has 0 spiro atoms. The monoisotopic (exact) mass is 350 g/mol. The van der Waals surface area contributed by atoms with Crippen LogP contribution in [-0.4, -0.2) is 66.7 Å². The SMILES string of the molecule is COC(=O)[C@H]1COC(=O)N1C1CCN(C(=O)c2cc(C)c(C)o2)CC1. The fraction of sp³-hybridized carbons (Fsp3) is 0.588. The molecule has 0 aliphatic carbocycles. The summed E-state index contributed by atoms with van der Waals surface area (Å²) in [6.07, 6.45) is 0.650. The Balaban J connectivity index is 1.64. The van der Waals surface area contributed by atoms with Crippen LogP contribution in [0.3, 0.4) is 0 Å². The molecule has 1 atom stereocenters. The van der Waals surface area contributed by atoms with E-state index < -0.39 is 18.1 Å². The molecule has 2 aliphatic heterocycles. The van der Waals surface area contributed by atoms with E-state index in [0.717, 1.165) is 11.3 Å². The second-order valence-electron chi connectivity index (χ2n) is 6.40. The topological polar surface area (TPSA) is 89.3 Å². The predicted octanol–water partition coefficient (Wildman–Crippen LogP) is 1.49. The van der Waals surface area contributed by atoms with Crippen molar-refractivity contribution in [2.75, 3.05) is 26.8 Å². The molecule has 0 N–H and O–H groups in total. The number of piperidine rings is 1. The zero-order valence-electron chi connectivity index (χ0n) is 14.6. The van der Waals surface area contributed by atoms with E-state index in [4.69, 9.17) is 13.9 Å². The van der Waals surface area contributed by atoms with E-state index >= 15 is 0 Å². The van der Waals surface area contributed by atoms with Crippen molar-refractivity contribution < 1.29 is 28.3 Å². The molecule has 0 radical (unpaired) electrons. The van der Waals surface area contributed by atoms with Gasteiger partial charge in [0.1, 0.15) is 12.4 Å². The lowest BCUT2D eigenvalue weighted by Gasteiger charge is -2.36. The van der Waals surface area contributed by atoms with Gasteiger partial charge in [-0.15, -0.1) is 0 Å². The summed E-state index contributed by atoms with van der Waals surface area (Å²) in [5.74, 6) is 0.439. The van der Waals surface area contributed by atoms with Gasteiger partial charge in [0.2, 0.25) is 0 Å². The van der Waals surface area contributed by atoms with Gasteiger partial charge in [-0.05, 0) is 38.3 Å². The van der Waals surface area contributed by atoms with Crippen LogP contribution in [0, 0.1) is 13.8 Å². The number of aryl methyl sites for hydroxylation is 2. The molecular weight excluding hydrogens is 328 g/mol. The van der Waals surface area contributed by atoms with Crippen LogP contribution in [0.25, 0.3) is 0 Å². The normalized spacial score (nSPS) is 21.4. The largest absolute Gasteiger partial charge is 0.467 e. The summed E-state index contributed by atoms with van der Waals surface area (Å²) in [5, 5.41) is 0. The zero-order chi connectivity index (χ0) is 18.1. The van der Waals surface area contributed by atoms with Crippen LogP contribution in [0.2, 0.25) is 0 Å². The number of methoxy groups -OCH3 is 1. The summed E-state index contributed by atoms with van der Waals surface area (Å²) in [6, 6.07) is 0.887. The smallest absolute Gasteiger partial charge is 0.410 e. The third kappa shape index (κ3) is 3.20. The second-order valence-corrected chi connectivity index (χ2v) is 6.40. The Labute approximate surface area is 145 Å². The lowest BCUT2D eigenvalue weighted by atomic mass is 10.0. The summed E-state index contributed by atoms with van der Waals surface area (Å²) in [4.78, 5) is 39.5. The number of carbonyl (C=O) groups is 3. The number of esters is 1. The number of nitrogens with zero attached hydrogens (tertiary/aromatic N) is 2. The Morgan fingerprint density at radius 3 is 2.48 bits per heavy atom. The standard InChI is InChI=1S/C17H22N2O6/c1-10-8-14(25-11(10)2)15(20)18-6-4-12(5-7-18)19-13(16(21)23-3)9-24-17(19)22/h8,12-13H,4-7,9H2,1-3H3/t13-/m1/s1. The number of carbonyl (C=O) groups excluding carboxylic acids is 3. The van der Waals surface area contributed by atoms with Crippen LogP contribution in [0.15, 0.2) is 10.5 Å². The Hall–Kier alpha value is -2.51. The molecule has 2 amide bonds. The molecule has 136 valence electrons. The number of hydrogen-bond acceptors (Lipinski definition) is 6. The van der Waals surface area contributed by atoms with E-state index in [1.807, 2.05) is 13.8 Å². The van der Waals surface area contributed by atoms with Crippen LogP contribution in [0.5, 0.6) is 0 Å². The van der Waals surface area contributed by atoms with Crippen LogP contribution >= 0.6 is 0 Å². The summed E-state index contributed by atoms with van der Waals surface area (Å²) in [5.41, 5.74) is 0.943. The van der Waals surface area contributed by atoms with Gasteiger partial charge >= 0.3 is 12.1 Å². The third-order valence-electron chi connectivity index (χ3n) is 4.91. The summed E-state index contributed by atoms with van der Waals surface area (Å²) in [7, 11) is 1.29. The number of rotatable bonds is 3. The van der Waals surface area contributed by atoms with Gasteiger partial charge in [0.05, 0.1) is 7.11 Å². The van der Waals surface area contributed by atoms with Gasteiger partial charge in [-0.1, -0.05) is 0 Å². The average Bonchev–Trinajstić information content (AvgIpc) is 3.16. The van der Waals surface area contributed by atoms with Gasteiger partial charge in [0, 0.05) is 19.1 Å². The fourth-order valence-electron chi connectivity index (χ4n) is 3.34. The lowest BCUT2D eigenvalue weighted by Crippen LogP contribution is -2.51. The molecule has 0 aromatic carbocycles.